The minimum atomic E-state index is 0.00185. The van der Waals surface area contributed by atoms with Crippen LogP contribution in [-0.4, -0.2) is 17.4 Å². The molecule has 14 heavy (non-hydrogen) atoms. The first-order chi connectivity index (χ1) is 6.60. The van der Waals surface area contributed by atoms with E-state index in [2.05, 4.69) is 38.5 Å². The third kappa shape index (κ3) is 2.42. The van der Waals surface area contributed by atoms with Gasteiger partial charge in [0.15, 0.2) is 12.1 Å². The van der Waals surface area contributed by atoms with Crippen LogP contribution in [0.2, 0.25) is 0 Å². The number of hydrogen-bond donors (Lipinski definition) is 0. The van der Waals surface area contributed by atoms with Crippen LogP contribution in [0.1, 0.15) is 26.3 Å². The van der Waals surface area contributed by atoms with E-state index in [-0.39, 0.29) is 11.1 Å². The fraction of sp³-hybridized carbons (Fsp3) is 0.200. The lowest BCUT2D eigenvalue weighted by Gasteiger charge is -2.05. The third-order valence-electron chi connectivity index (χ3n) is 1.89. The molecule has 0 amide bonds. The zero-order chi connectivity index (χ0) is 10.7. The molecule has 0 aromatic heterocycles. The van der Waals surface area contributed by atoms with Crippen molar-refractivity contribution in [3.05, 3.63) is 32.4 Å². The zero-order valence-electron chi connectivity index (χ0n) is 7.51. The second-order valence-corrected chi connectivity index (χ2v) is 4.59. The first kappa shape index (κ1) is 11.8. The van der Waals surface area contributed by atoms with Gasteiger partial charge in [0, 0.05) is 14.7 Å². The number of ketones is 1. The molecule has 0 radical (unpaired) electrons. The normalized spacial score (nSPS) is 9.93. The fourth-order valence-corrected chi connectivity index (χ4v) is 2.20. The van der Waals surface area contributed by atoms with E-state index in [1.165, 1.54) is 0 Å². The molecule has 0 spiro atoms. The van der Waals surface area contributed by atoms with E-state index < -0.39 is 0 Å². The SMILES string of the molecule is Cc1cc(I)c(C=O)cc1C(=O)CBr. The molecule has 0 bridgehead atoms. The molecule has 0 fully saturated rings. The van der Waals surface area contributed by atoms with Crippen molar-refractivity contribution in [3.8, 4) is 0 Å². The Bertz CT molecular complexity index is 388. The highest BCUT2D eigenvalue weighted by atomic mass is 127. The molecule has 0 aliphatic carbocycles. The van der Waals surface area contributed by atoms with Crippen LogP contribution < -0.4 is 0 Å². The molecule has 1 rings (SSSR count). The number of benzene rings is 1. The summed E-state index contributed by atoms with van der Waals surface area (Å²) in [6, 6.07) is 3.49. The van der Waals surface area contributed by atoms with Gasteiger partial charge in [0.25, 0.3) is 0 Å². The predicted molar refractivity (Wildman–Crippen MR) is 67.4 cm³/mol. The predicted octanol–water partition coefficient (Wildman–Crippen LogP) is 2.99. The van der Waals surface area contributed by atoms with Crippen LogP contribution in [-0.2, 0) is 0 Å². The van der Waals surface area contributed by atoms with Crippen LogP contribution in [0.3, 0.4) is 0 Å². The lowest BCUT2D eigenvalue weighted by atomic mass is 10.0. The van der Waals surface area contributed by atoms with Gasteiger partial charge in [-0.1, -0.05) is 15.9 Å². The molecule has 74 valence electrons. The maximum Gasteiger partial charge on any atom is 0.173 e. The monoisotopic (exact) mass is 366 g/mol. The minimum absolute atomic E-state index is 0.00185. The van der Waals surface area contributed by atoms with Crippen molar-refractivity contribution < 1.29 is 9.59 Å². The molecule has 0 atom stereocenters. The van der Waals surface area contributed by atoms with E-state index in [4.69, 9.17) is 0 Å². The summed E-state index contributed by atoms with van der Waals surface area (Å²) in [7, 11) is 0. The van der Waals surface area contributed by atoms with Gasteiger partial charge in [-0.15, -0.1) is 0 Å². The van der Waals surface area contributed by atoms with Gasteiger partial charge in [0.2, 0.25) is 0 Å². The van der Waals surface area contributed by atoms with Crippen LogP contribution in [0.5, 0.6) is 0 Å². The molecule has 0 aliphatic heterocycles. The summed E-state index contributed by atoms with van der Waals surface area (Å²) in [5.74, 6) is 0.00185. The molecule has 0 N–H and O–H groups in total. The van der Waals surface area contributed by atoms with Crippen molar-refractivity contribution >= 4 is 50.6 Å². The Balaban J connectivity index is 3.30. The van der Waals surface area contributed by atoms with Crippen molar-refractivity contribution in [2.45, 2.75) is 6.92 Å². The molecular formula is C10H8BrIO2. The third-order valence-corrected chi connectivity index (χ3v) is 3.34. The van der Waals surface area contributed by atoms with Gasteiger partial charge >= 0.3 is 0 Å². The summed E-state index contributed by atoms with van der Waals surface area (Å²) in [6.07, 6.45) is 0.770. The first-order valence-corrected chi connectivity index (χ1v) is 6.14. The minimum Gasteiger partial charge on any atom is -0.298 e. The first-order valence-electron chi connectivity index (χ1n) is 3.94. The molecule has 1 aromatic rings. The maximum absolute atomic E-state index is 11.4. The van der Waals surface area contributed by atoms with Gasteiger partial charge in [-0.05, 0) is 47.2 Å². The second-order valence-electron chi connectivity index (χ2n) is 2.86. The van der Waals surface area contributed by atoms with Crippen LogP contribution in [0.4, 0.5) is 0 Å². The summed E-state index contributed by atoms with van der Waals surface area (Å²) in [5, 5.41) is 0.284. The van der Waals surface area contributed by atoms with E-state index in [0.29, 0.717) is 11.1 Å². The van der Waals surface area contributed by atoms with Gasteiger partial charge in [0.1, 0.15) is 0 Å². The second kappa shape index (κ2) is 5.02. The number of Topliss-reactive ketones (excluding diaryl/α,β-unsaturated/α-hetero) is 1. The van der Waals surface area contributed by atoms with Gasteiger partial charge in [0.05, 0.1) is 5.33 Å². The fourth-order valence-electron chi connectivity index (χ4n) is 1.15. The molecule has 1 aromatic carbocycles. The van der Waals surface area contributed by atoms with Crippen molar-refractivity contribution in [2.75, 3.05) is 5.33 Å². The Kier molecular flexibility index (Phi) is 4.25. The highest BCUT2D eigenvalue weighted by Crippen LogP contribution is 2.18. The highest BCUT2D eigenvalue weighted by Gasteiger charge is 2.10. The highest BCUT2D eigenvalue weighted by molar-refractivity contribution is 14.1. The van der Waals surface area contributed by atoms with Gasteiger partial charge in [-0.2, -0.15) is 0 Å². The van der Waals surface area contributed by atoms with Crippen molar-refractivity contribution in [3.63, 3.8) is 0 Å². The molecular weight excluding hydrogens is 359 g/mol. The van der Waals surface area contributed by atoms with Crippen LogP contribution in [0.15, 0.2) is 12.1 Å². The number of hydrogen-bond acceptors (Lipinski definition) is 2. The Morgan fingerprint density at radius 2 is 2.21 bits per heavy atom. The Morgan fingerprint density at radius 1 is 1.57 bits per heavy atom. The van der Waals surface area contributed by atoms with E-state index in [9.17, 15) is 9.59 Å². The zero-order valence-corrected chi connectivity index (χ0v) is 11.3. The lowest BCUT2D eigenvalue weighted by Crippen LogP contribution is -2.04. The van der Waals surface area contributed by atoms with Gasteiger partial charge < -0.3 is 0 Å². The number of alkyl halides is 1. The largest absolute Gasteiger partial charge is 0.298 e. The molecule has 0 saturated heterocycles. The van der Waals surface area contributed by atoms with Gasteiger partial charge in [-0.25, -0.2) is 0 Å². The average Bonchev–Trinajstić information content (AvgIpc) is 2.17. The maximum atomic E-state index is 11.4. The lowest BCUT2D eigenvalue weighted by molar-refractivity contribution is 0.102. The Labute approximate surface area is 104 Å². The van der Waals surface area contributed by atoms with E-state index in [0.717, 1.165) is 15.4 Å². The molecule has 0 heterocycles. The van der Waals surface area contributed by atoms with Crippen LogP contribution >= 0.6 is 38.5 Å². The summed E-state index contributed by atoms with van der Waals surface area (Å²) in [5.41, 5.74) is 2.09. The molecule has 4 heteroatoms. The van der Waals surface area contributed by atoms with Crippen LogP contribution in [0, 0.1) is 10.5 Å². The number of aldehydes is 1. The standard InChI is InChI=1S/C10H8BrIO2/c1-6-2-9(12)7(5-13)3-8(6)10(14)4-11/h2-3,5H,4H2,1H3. The topological polar surface area (TPSA) is 34.1 Å². The number of carbonyl (C=O) groups excluding carboxylic acids is 2. The summed E-state index contributed by atoms with van der Waals surface area (Å²) >= 11 is 5.19. The average molecular weight is 367 g/mol. The van der Waals surface area contributed by atoms with Crippen molar-refractivity contribution in [1.29, 1.82) is 0 Å². The smallest absolute Gasteiger partial charge is 0.173 e. The van der Waals surface area contributed by atoms with Gasteiger partial charge in [-0.3, -0.25) is 9.59 Å². The van der Waals surface area contributed by atoms with Crippen molar-refractivity contribution in [2.24, 2.45) is 0 Å². The summed E-state index contributed by atoms with van der Waals surface area (Å²) in [6.45, 7) is 1.87. The number of aryl methyl sites for hydroxylation is 1. The van der Waals surface area contributed by atoms with E-state index in [1.54, 1.807) is 6.07 Å². The molecule has 0 aliphatic rings. The number of halogens is 2. The molecule has 0 saturated carbocycles. The number of carbonyl (C=O) groups is 2. The Morgan fingerprint density at radius 3 is 2.71 bits per heavy atom. The molecule has 2 nitrogen and oxygen atoms in total. The summed E-state index contributed by atoms with van der Waals surface area (Å²) in [4.78, 5) is 22.1. The Hall–Kier alpha value is -0.230. The number of rotatable bonds is 3. The van der Waals surface area contributed by atoms with Crippen molar-refractivity contribution in [1.82, 2.24) is 0 Å². The summed E-state index contributed by atoms with van der Waals surface area (Å²) < 4.78 is 0.876. The van der Waals surface area contributed by atoms with E-state index in [1.807, 2.05) is 13.0 Å². The molecule has 0 unspecified atom stereocenters. The van der Waals surface area contributed by atoms with E-state index >= 15 is 0 Å². The van der Waals surface area contributed by atoms with Crippen LogP contribution in [0.25, 0.3) is 0 Å². The quantitative estimate of drug-likeness (QED) is 0.356.